The second-order valence-electron chi connectivity index (χ2n) is 5.19. The first kappa shape index (κ1) is 15.4. The Morgan fingerprint density at radius 3 is 2.52 bits per heavy atom. The molecule has 1 N–H and O–H groups in total. The molecule has 3 heteroatoms. The fourth-order valence-corrected chi connectivity index (χ4v) is 2.32. The number of hydrogen-bond acceptors (Lipinski definition) is 3. The second kappa shape index (κ2) is 7.14. The van der Waals surface area contributed by atoms with E-state index in [2.05, 4.69) is 43.4 Å². The van der Waals surface area contributed by atoms with Gasteiger partial charge in [-0.2, -0.15) is 0 Å². The van der Waals surface area contributed by atoms with Gasteiger partial charge in [0.1, 0.15) is 11.5 Å². The molecule has 2 aromatic carbocycles. The molecule has 0 spiro atoms. The van der Waals surface area contributed by atoms with Gasteiger partial charge in [-0.3, -0.25) is 0 Å². The average molecular weight is 285 g/mol. The van der Waals surface area contributed by atoms with Gasteiger partial charge in [0.2, 0.25) is 0 Å². The summed E-state index contributed by atoms with van der Waals surface area (Å²) in [6, 6.07) is 14.8. The van der Waals surface area contributed by atoms with E-state index in [4.69, 9.17) is 9.47 Å². The highest BCUT2D eigenvalue weighted by Crippen LogP contribution is 2.25. The van der Waals surface area contributed by atoms with Crippen LogP contribution < -0.4 is 14.8 Å². The molecule has 0 aliphatic carbocycles. The van der Waals surface area contributed by atoms with E-state index in [1.165, 1.54) is 11.1 Å². The first-order valence-electron chi connectivity index (χ1n) is 7.15. The van der Waals surface area contributed by atoms with Crippen molar-refractivity contribution in [2.45, 2.75) is 26.4 Å². The molecule has 0 aliphatic heterocycles. The topological polar surface area (TPSA) is 30.5 Å². The summed E-state index contributed by atoms with van der Waals surface area (Å²) in [5.41, 5.74) is 3.70. The van der Waals surface area contributed by atoms with Crippen molar-refractivity contribution in [3.63, 3.8) is 0 Å². The summed E-state index contributed by atoms with van der Waals surface area (Å²) in [6.45, 7) is 5.04. The molecule has 0 aliphatic rings. The number of methoxy groups -OCH3 is 2. The number of benzene rings is 2. The van der Waals surface area contributed by atoms with Crippen LogP contribution in [0.2, 0.25) is 0 Å². The summed E-state index contributed by atoms with van der Waals surface area (Å²) >= 11 is 0. The zero-order chi connectivity index (χ0) is 15.2. The highest BCUT2D eigenvalue weighted by Gasteiger charge is 2.08. The molecule has 2 aromatic rings. The molecular weight excluding hydrogens is 262 g/mol. The van der Waals surface area contributed by atoms with E-state index in [0.717, 1.165) is 23.6 Å². The third-order valence-electron chi connectivity index (χ3n) is 3.64. The van der Waals surface area contributed by atoms with Crippen LogP contribution in [-0.2, 0) is 6.54 Å². The van der Waals surface area contributed by atoms with Crippen LogP contribution in [0, 0.1) is 6.92 Å². The number of aryl methyl sites for hydroxylation is 1. The van der Waals surface area contributed by atoms with Crippen molar-refractivity contribution in [3.05, 3.63) is 59.2 Å². The maximum atomic E-state index is 5.42. The van der Waals surface area contributed by atoms with Gasteiger partial charge in [0.15, 0.2) is 0 Å². The van der Waals surface area contributed by atoms with Gasteiger partial charge >= 0.3 is 0 Å². The van der Waals surface area contributed by atoms with Crippen LogP contribution >= 0.6 is 0 Å². The van der Waals surface area contributed by atoms with Gasteiger partial charge in [-0.05, 0) is 25.5 Å². The lowest BCUT2D eigenvalue weighted by Gasteiger charge is -2.16. The second-order valence-corrected chi connectivity index (χ2v) is 5.19. The molecule has 0 saturated carbocycles. The zero-order valence-electron chi connectivity index (χ0n) is 13.1. The van der Waals surface area contributed by atoms with Gasteiger partial charge in [-0.25, -0.2) is 0 Å². The largest absolute Gasteiger partial charge is 0.497 e. The zero-order valence-corrected chi connectivity index (χ0v) is 13.1. The first-order valence-corrected chi connectivity index (χ1v) is 7.15. The third-order valence-corrected chi connectivity index (χ3v) is 3.64. The minimum atomic E-state index is 0.289. The van der Waals surface area contributed by atoms with Crippen LogP contribution in [0.3, 0.4) is 0 Å². The van der Waals surface area contributed by atoms with E-state index in [1.54, 1.807) is 14.2 Å². The van der Waals surface area contributed by atoms with Crippen molar-refractivity contribution in [2.75, 3.05) is 14.2 Å². The van der Waals surface area contributed by atoms with E-state index < -0.39 is 0 Å². The summed E-state index contributed by atoms with van der Waals surface area (Å²) < 4.78 is 10.6. The van der Waals surface area contributed by atoms with E-state index in [1.807, 2.05) is 18.2 Å². The van der Waals surface area contributed by atoms with E-state index in [0.29, 0.717) is 0 Å². The molecule has 2 rings (SSSR count). The van der Waals surface area contributed by atoms with E-state index >= 15 is 0 Å². The molecule has 0 bridgehead atoms. The Kier molecular flexibility index (Phi) is 5.23. The molecule has 0 amide bonds. The standard InChI is InChI=1S/C18H23NO2/c1-13-6-5-7-15(10-13)14(2)19-12-16-8-9-17(20-3)11-18(16)21-4/h5-11,14,19H,12H2,1-4H3/t14-/m0/s1. The van der Waals surface area contributed by atoms with Gasteiger partial charge in [-0.15, -0.1) is 0 Å². The lowest BCUT2D eigenvalue weighted by molar-refractivity contribution is 0.389. The summed E-state index contributed by atoms with van der Waals surface area (Å²) in [5, 5.41) is 3.53. The lowest BCUT2D eigenvalue weighted by Crippen LogP contribution is -2.18. The Balaban J connectivity index is 2.05. The summed E-state index contributed by atoms with van der Waals surface area (Å²) in [4.78, 5) is 0. The van der Waals surface area contributed by atoms with Gasteiger partial charge in [0.25, 0.3) is 0 Å². The highest BCUT2D eigenvalue weighted by molar-refractivity contribution is 5.40. The molecule has 0 unspecified atom stereocenters. The molecule has 112 valence electrons. The fourth-order valence-electron chi connectivity index (χ4n) is 2.32. The summed E-state index contributed by atoms with van der Waals surface area (Å²) in [7, 11) is 3.34. The Labute approximate surface area is 126 Å². The monoisotopic (exact) mass is 285 g/mol. The van der Waals surface area contributed by atoms with Crippen LogP contribution in [0.1, 0.15) is 29.7 Å². The minimum Gasteiger partial charge on any atom is -0.497 e. The first-order chi connectivity index (χ1) is 10.1. The maximum Gasteiger partial charge on any atom is 0.127 e. The van der Waals surface area contributed by atoms with Crippen LogP contribution in [0.25, 0.3) is 0 Å². The average Bonchev–Trinajstić information content (AvgIpc) is 2.52. The Morgan fingerprint density at radius 1 is 1.05 bits per heavy atom. The predicted octanol–water partition coefficient (Wildman–Crippen LogP) is 3.86. The third kappa shape index (κ3) is 3.99. The number of hydrogen-bond donors (Lipinski definition) is 1. The fraction of sp³-hybridized carbons (Fsp3) is 0.333. The van der Waals surface area contributed by atoms with Gasteiger partial charge in [-0.1, -0.05) is 35.9 Å². The smallest absolute Gasteiger partial charge is 0.127 e. The number of nitrogens with one attached hydrogen (secondary N) is 1. The van der Waals surface area contributed by atoms with Gasteiger partial charge in [0.05, 0.1) is 14.2 Å². The lowest BCUT2D eigenvalue weighted by atomic mass is 10.1. The van der Waals surface area contributed by atoms with Crippen molar-refractivity contribution in [1.82, 2.24) is 5.32 Å². The molecule has 1 atom stereocenters. The van der Waals surface area contributed by atoms with Crippen LogP contribution in [0.15, 0.2) is 42.5 Å². The van der Waals surface area contributed by atoms with E-state index in [-0.39, 0.29) is 6.04 Å². The van der Waals surface area contributed by atoms with Gasteiger partial charge in [0, 0.05) is 24.2 Å². The molecular formula is C18H23NO2. The molecule has 0 heterocycles. The van der Waals surface area contributed by atoms with Crippen molar-refractivity contribution >= 4 is 0 Å². The van der Waals surface area contributed by atoms with Crippen LogP contribution in [0.5, 0.6) is 11.5 Å². The molecule has 0 aromatic heterocycles. The molecule has 0 fully saturated rings. The number of rotatable bonds is 6. The van der Waals surface area contributed by atoms with Gasteiger partial charge < -0.3 is 14.8 Å². The van der Waals surface area contributed by atoms with Crippen molar-refractivity contribution in [1.29, 1.82) is 0 Å². The Morgan fingerprint density at radius 2 is 1.86 bits per heavy atom. The molecule has 0 radical (unpaired) electrons. The number of ether oxygens (including phenoxy) is 2. The predicted molar refractivity (Wildman–Crippen MR) is 86.0 cm³/mol. The van der Waals surface area contributed by atoms with Crippen molar-refractivity contribution in [2.24, 2.45) is 0 Å². The Bertz CT molecular complexity index is 596. The van der Waals surface area contributed by atoms with Crippen molar-refractivity contribution < 1.29 is 9.47 Å². The quantitative estimate of drug-likeness (QED) is 0.874. The minimum absolute atomic E-state index is 0.289. The van der Waals surface area contributed by atoms with Crippen LogP contribution in [-0.4, -0.2) is 14.2 Å². The Hall–Kier alpha value is -2.00. The summed E-state index contributed by atoms with van der Waals surface area (Å²) in [5.74, 6) is 1.65. The normalized spacial score (nSPS) is 12.0. The molecule has 21 heavy (non-hydrogen) atoms. The highest BCUT2D eigenvalue weighted by atomic mass is 16.5. The van der Waals surface area contributed by atoms with Crippen LogP contribution in [0.4, 0.5) is 0 Å². The summed E-state index contributed by atoms with van der Waals surface area (Å²) in [6.07, 6.45) is 0. The molecule has 3 nitrogen and oxygen atoms in total. The molecule has 0 saturated heterocycles. The van der Waals surface area contributed by atoms with Crippen molar-refractivity contribution in [3.8, 4) is 11.5 Å². The SMILES string of the molecule is COc1ccc(CN[C@@H](C)c2cccc(C)c2)c(OC)c1. The maximum absolute atomic E-state index is 5.42. The van der Waals surface area contributed by atoms with E-state index in [9.17, 15) is 0 Å².